The van der Waals surface area contributed by atoms with Crippen LogP contribution in [0.15, 0.2) is 0 Å². The number of aliphatic hydroxyl groups is 2. The Bertz CT molecular complexity index is 171. The summed E-state index contributed by atoms with van der Waals surface area (Å²) in [6.07, 6.45) is 0.184. The minimum absolute atomic E-state index is 0.151. The molecule has 1 fully saturated rings. The predicted octanol–water partition coefficient (Wildman–Crippen LogP) is -0.531. The second-order valence-corrected chi connectivity index (χ2v) is 3.90. The number of hydrogen-bond acceptors (Lipinski definition) is 5. The lowest BCUT2D eigenvalue weighted by atomic mass is 10.1. The first kappa shape index (κ1) is 12.9. The van der Waals surface area contributed by atoms with E-state index in [-0.39, 0.29) is 12.3 Å². The van der Waals surface area contributed by atoms with Crippen molar-refractivity contribution in [3.8, 4) is 0 Å². The van der Waals surface area contributed by atoms with E-state index in [9.17, 15) is 10.2 Å². The summed E-state index contributed by atoms with van der Waals surface area (Å²) < 4.78 is 10.8. The lowest BCUT2D eigenvalue weighted by Gasteiger charge is -2.25. The third kappa shape index (κ3) is 4.04. The Morgan fingerprint density at radius 3 is 2.73 bits per heavy atom. The molecule has 4 atom stereocenters. The van der Waals surface area contributed by atoms with Gasteiger partial charge in [-0.05, 0) is 20.4 Å². The molecule has 0 aromatic rings. The molecule has 4 unspecified atom stereocenters. The molecular weight excluding hydrogens is 198 g/mol. The van der Waals surface area contributed by atoms with Crippen LogP contribution in [0.2, 0.25) is 0 Å². The Kier molecular flexibility index (Phi) is 5.49. The molecule has 5 heteroatoms. The molecule has 0 saturated carbocycles. The van der Waals surface area contributed by atoms with Crippen LogP contribution in [-0.2, 0) is 9.47 Å². The van der Waals surface area contributed by atoms with Gasteiger partial charge in [0, 0.05) is 13.0 Å². The van der Waals surface area contributed by atoms with Crippen LogP contribution in [0, 0.1) is 0 Å². The third-order valence-electron chi connectivity index (χ3n) is 2.63. The van der Waals surface area contributed by atoms with Gasteiger partial charge in [0.15, 0.2) is 6.29 Å². The molecule has 0 radical (unpaired) electrons. The Morgan fingerprint density at radius 2 is 2.27 bits per heavy atom. The van der Waals surface area contributed by atoms with E-state index in [2.05, 4.69) is 5.32 Å². The van der Waals surface area contributed by atoms with Crippen LogP contribution in [0.4, 0.5) is 0 Å². The average molecular weight is 219 g/mol. The van der Waals surface area contributed by atoms with Crippen molar-refractivity contribution in [2.24, 2.45) is 0 Å². The number of ether oxygens (including phenoxy) is 2. The average Bonchev–Trinajstić information content (AvgIpc) is 2.71. The molecule has 0 aromatic carbocycles. The maximum Gasteiger partial charge on any atom is 0.157 e. The van der Waals surface area contributed by atoms with Crippen LogP contribution < -0.4 is 5.32 Å². The zero-order chi connectivity index (χ0) is 11.3. The summed E-state index contributed by atoms with van der Waals surface area (Å²) in [7, 11) is 1.73. The third-order valence-corrected chi connectivity index (χ3v) is 2.63. The standard InChI is InChI=1S/C10H21NO4/c1-7(12)10(13)8(11-2)6-15-9-4-3-5-14-9/h7-13H,3-6H2,1-2H3. The van der Waals surface area contributed by atoms with E-state index in [1.165, 1.54) is 0 Å². The number of rotatable bonds is 6. The van der Waals surface area contributed by atoms with Gasteiger partial charge in [-0.1, -0.05) is 0 Å². The highest BCUT2D eigenvalue weighted by Crippen LogP contribution is 2.13. The van der Waals surface area contributed by atoms with Crippen LogP contribution in [0.1, 0.15) is 19.8 Å². The number of hydrogen-bond donors (Lipinski definition) is 3. The van der Waals surface area contributed by atoms with E-state index in [0.717, 1.165) is 19.4 Å². The molecular formula is C10H21NO4. The number of nitrogens with one attached hydrogen (secondary N) is 1. The zero-order valence-corrected chi connectivity index (χ0v) is 9.35. The van der Waals surface area contributed by atoms with Crippen LogP contribution in [0.3, 0.4) is 0 Å². The molecule has 90 valence electrons. The van der Waals surface area contributed by atoms with Crippen LogP contribution in [0.5, 0.6) is 0 Å². The molecule has 15 heavy (non-hydrogen) atoms. The van der Waals surface area contributed by atoms with Crippen molar-refractivity contribution in [3.63, 3.8) is 0 Å². The van der Waals surface area contributed by atoms with E-state index in [0.29, 0.717) is 6.61 Å². The smallest absolute Gasteiger partial charge is 0.157 e. The monoisotopic (exact) mass is 219 g/mol. The molecule has 1 rings (SSSR count). The minimum atomic E-state index is -0.823. The summed E-state index contributed by atoms with van der Waals surface area (Å²) in [6, 6.07) is -0.269. The van der Waals surface area contributed by atoms with Crippen molar-refractivity contribution in [2.45, 2.75) is 44.3 Å². The maximum atomic E-state index is 9.63. The minimum Gasteiger partial charge on any atom is -0.391 e. The Hall–Kier alpha value is -0.200. The normalized spacial score (nSPS) is 27.6. The highest BCUT2D eigenvalue weighted by Gasteiger charge is 2.24. The summed E-state index contributed by atoms with van der Waals surface area (Å²) in [5.41, 5.74) is 0. The summed E-state index contributed by atoms with van der Waals surface area (Å²) in [6.45, 7) is 2.64. The maximum absolute atomic E-state index is 9.63. The highest BCUT2D eigenvalue weighted by atomic mass is 16.7. The first-order chi connectivity index (χ1) is 7.15. The van der Waals surface area contributed by atoms with Gasteiger partial charge in [0.05, 0.1) is 24.9 Å². The Balaban J connectivity index is 2.26. The van der Waals surface area contributed by atoms with Crippen molar-refractivity contribution >= 4 is 0 Å². The first-order valence-corrected chi connectivity index (χ1v) is 5.41. The molecule has 1 saturated heterocycles. The first-order valence-electron chi connectivity index (χ1n) is 5.41. The topological polar surface area (TPSA) is 71.0 Å². The predicted molar refractivity (Wildman–Crippen MR) is 55.5 cm³/mol. The summed E-state index contributed by atoms with van der Waals surface area (Å²) >= 11 is 0. The van der Waals surface area contributed by atoms with Crippen molar-refractivity contribution in [2.75, 3.05) is 20.3 Å². The van der Waals surface area contributed by atoms with E-state index in [4.69, 9.17) is 9.47 Å². The second-order valence-electron chi connectivity index (χ2n) is 3.90. The molecule has 0 bridgehead atoms. The molecule has 0 spiro atoms. The lowest BCUT2D eigenvalue weighted by Crippen LogP contribution is -2.47. The van der Waals surface area contributed by atoms with Crippen LogP contribution in [-0.4, -0.2) is 55.0 Å². The number of aliphatic hydroxyl groups excluding tert-OH is 2. The Labute approximate surface area is 90.4 Å². The second kappa shape index (κ2) is 6.40. The van der Waals surface area contributed by atoms with E-state index < -0.39 is 12.2 Å². The fourth-order valence-corrected chi connectivity index (χ4v) is 1.58. The van der Waals surface area contributed by atoms with Gasteiger partial charge >= 0.3 is 0 Å². The van der Waals surface area contributed by atoms with Crippen molar-refractivity contribution in [1.82, 2.24) is 5.32 Å². The van der Waals surface area contributed by atoms with E-state index in [1.54, 1.807) is 14.0 Å². The van der Waals surface area contributed by atoms with E-state index >= 15 is 0 Å². The molecule has 0 aliphatic carbocycles. The molecule has 3 N–H and O–H groups in total. The fourth-order valence-electron chi connectivity index (χ4n) is 1.58. The van der Waals surface area contributed by atoms with E-state index in [1.807, 2.05) is 0 Å². The summed E-state index contributed by atoms with van der Waals surface area (Å²) in [5.74, 6) is 0. The van der Waals surface area contributed by atoms with Crippen molar-refractivity contribution in [1.29, 1.82) is 0 Å². The molecule has 0 amide bonds. The van der Waals surface area contributed by atoms with Gasteiger partial charge in [-0.2, -0.15) is 0 Å². The quantitative estimate of drug-likeness (QED) is 0.560. The molecule has 1 aliphatic heterocycles. The van der Waals surface area contributed by atoms with Gasteiger partial charge in [-0.25, -0.2) is 0 Å². The SMILES string of the molecule is CNC(COC1CCCO1)C(O)C(C)O. The summed E-state index contributed by atoms with van der Waals surface area (Å²) in [5, 5.41) is 21.8. The van der Waals surface area contributed by atoms with Gasteiger partial charge in [-0.15, -0.1) is 0 Å². The zero-order valence-electron chi connectivity index (χ0n) is 9.35. The molecule has 0 aromatic heterocycles. The van der Waals surface area contributed by atoms with Crippen LogP contribution >= 0.6 is 0 Å². The Morgan fingerprint density at radius 1 is 1.53 bits per heavy atom. The molecule has 1 aliphatic rings. The van der Waals surface area contributed by atoms with Gasteiger partial charge in [-0.3, -0.25) is 0 Å². The summed E-state index contributed by atoms with van der Waals surface area (Å²) in [4.78, 5) is 0. The molecule has 1 heterocycles. The largest absolute Gasteiger partial charge is 0.391 e. The van der Waals surface area contributed by atoms with Crippen molar-refractivity contribution < 1.29 is 19.7 Å². The van der Waals surface area contributed by atoms with Gasteiger partial charge in [0.1, 0.15) is 0 Å². The number of likely N-dealkylation sites (N-methyl/N-ethyl adjacent to an activating group) is 1. The van der Waals surface area contributed by atoms with Gasteiger partial charge in [0.2, 0.25) is 0 Å². The molecule has 5 nitrogen and oxygen atoms in total. The van der Waals surface area contributed by atoms with Crippen molar-refractivity contribution in [3.05, 3.63) is 0 Å². The van der Waals surface area contributed by atoms with Gasteiger partial charge in [0.25, 0.3) is 0 Å². The highest BCUT2D eigenvalue weighted by molar-refractivity contribution is 4.78. The fraction of sp³-hybridized carbons (Fsp3) is 1.00. The lowest BCUT2D eigenvalue weighted by molar-refractivity contribution is -0.127. The van der Waals surface area contributed by atoms with Gasteiger partial charge < -0.3 is 25.0 Å². The van der Waals surface area contributed by atoms with Crippen LogP contribution in [0.25, 0.3) is 0 Å².